The van der Waals surface area contributed by atoms with Crippen molar-refractivity contribution in [1.82, 2.24) is 0 Å². The van der Waals surface area contributed by atoms with Crippen molar-refractivity contribution >= 4 is 7.12 Å². The fourth-order valence-corrected chi connectivity index (χ4v) is 7.14. The number of hydrogen-bond acceptors (Lipinski definition) is 2. The summed E-state index contributed by atoms with van der Waals surface area (Å²) in [6.07, 6.45) is 4.30. The van der Waals surface area contributed by atoms with Crippen molar-refractivity contribution in [2.75, 3.05) is 0 Å². The average molecular weight is 336 g/mol. The molecule has 4 saturated carbocycles. The molecule has 132 valence electrons. The zero-order valence-corrected chi connectivity index (χ0v) is 15.1. The molecule has 2 unspecified atom stereocenters. The highest BCUT2D eigenvalue weighted by atomic mass is 19.3. The van der Waals surface area contributed by atoms with E-state index in [1.54, 1.807) is 0 Å². The van der Waals surface area contributed by atoms with E-state index < -0.39 is 24.4 Å². The summed E-state index contributed by atoms with van der Waals surface area (Å²) in [7, 11) is -0.550. The Hall–Kier alpha value is -0.415. The molecule has 24 heavy (non-hydrogen) atoms. The SMILES string of the molecule is CC1(C)OB(CC(=C(F)F)C23CC4CC5CC(C2)C54C3)OC1(C)C. The molecule has 5 rings (SSSR count). The van der Waals surface area contributed by atoms with Crippen molar-refractivity contribution in [3.8, 4) is 0 Å². The number of halogens is 2. The van der Waals surface area contributed by atoms with Gasteiger partial charge in [0.1, 0.15) is 0 Å². The zero-order chi connectivity index (χ0) is 17.1. The average Bonchev–Trinajstić information content (AvgIpc) is 2.97. The minimum atomic E-state index is -1.47. The topological polar surface area (TPSA) is 18.5 Å². The largest absolute Gasteiger partial charge is 0.462 e. The maximum absolute atomic E-state index is 14.0. The van der Waals surface area contributed by atoms with Crippen LogP contribution in [0.15, 0.2) is 11.7 Å². The van der Waals surface area contributed by atoms with Gasteiger partial charge in [-0.05, 0) is 94.0 Å². The minimum Gasteiger partial charge on any atom is -0.403 e. The lowest BCUT2D eigenvalue weighted by atomic mass is 9.38. The molecule has 1 saturated heterocycles. The van der Waals surface area contributed by atoms with Gasteiger partial charge in [-0.1, -0.05) is 0 Å². The first kappa shape index (κ1) is 15.8. The maximum Gasteiger partial charge on any atom is 0.462 e. The summed E-state index contributed by atoms with van der Waals surface area (Å²) < 4.78 is 40.1. The van der Waals surface area contributed by atoms with E-state index in [1.165, 1.54) is 12.8 Å². The summed E-state index contributed by atoms with van der Waals surface area (Å²) in [5.41, 5.74) is -0.363. The first-order chi connectivity index (χ1) is 11.1. The fourth-order valence-electron chi connectivity index (χ4n) is 7.14. The minimum absolute atomic E-state index is 0.232. The molecular weight excluding hydrogens is 309 g/mol. The van der Waals surface area contributed by atoms with Gasteiger partial charge >= 0.3 is 7.12 Å². The Labute approximate surface area is 143 Å². The molecule has 0 aromatic rings. The van der Waals surface area contributed by atoms with Gasteiger partial charge in [-0.15, -0.1) is 0 Å². The van der Waals surface area contributed by atoms with Crippen molar-refractivity contribution in [2.45, 2.75) is 77.3 Å². The third-order valence-electron chi connectivity index (χ3n) is 8.88. The Morgan fingerprint density at radius 1 is 0.958 bits per heavy atom. The predicted molar refractivity (Wildman–Crippen MR) is 88.6 cm³/mol. The molecule has 2 bridgehead atoms. The smallest absolute Gasteiger partial charge is 0.403 e. The summed E-state index contributed by atoms with van der Waals surface area (Å²) in [4.78, 5) is 0. The molecule has 1 spiro atoms. The molecule has 0 amide bonds. The number of fused-ring (bicyclic) bond motifs is 1. The normalized spacial score (nSPS) is 48.8. The molecule has 0 aromatic carbocycles. The third-order valence-corrected chi connectivity index (χ3v) is 8.88. The van der Waals surface area contributed by atoms with Crippen molar-refractivity contribution in [2.24, 2.45) is 28.6 Å². The standard InChI is InChI=1S/C19H27BF2O2/c1-16(2)17(3,4)24-20(23-16)9-14(15(21)22)18-7-12-5-11-6-13(8-18)19(11,12)10-18/h11-13H,5-10H2,1-4H3. The van der Waals surface area contributed by atoms with Gasteiger partial charge < -0.3 is 9.31 Å². The summed E-state index contributed by atoms with van der Waals surface area (Å²) in [6.45, 7) is 7.93. The van der Waals surface area contributed by atoms with E-state index in [-0.39, 0.29) is 11.7 Å². The van der Waals surface area contributed by atoms with Crippen molar-refractivity contribution in [3.63, 3.8) is 0 Å². The van der Waals surface area contributed by atoms with Crippen molar-refractivity contribution in [1.29, 1.82) is 0 Å². The molecule has 0 aromatic heterocycles. The predicted octanol–water partition coefficient (Wildman–Crippen LogP) is 5.06. The first-order valence-corrected chi connectivity index (χ1v) is 9.50. The Bertz CT molecular complexity index is 605. The Balaban J connectivity index is 1.41. The van der Waals surface area contributed by atoms with Crippen LogP contribution in [0.4, 0.5) is 8.78 Å². The Kier molecular flexibility index (Phi) is 2.82. The van der Waals surface area contributed by atoms with Crippen LogP contribution in [0.5, 0.6) is 0 Å². The highest BCUT2D eigenvalue weighted by Gasteiger charge is 2.78. The second kappa shape index (κ2) is 4.28. The van der Waals surface area contributed by atoms with E-state index >= 15 is 0 Å². The lowest BCUT2D eigenvalue weighted by Gasteiger charge is -2.66. The monoisotopic (exact) mass is 336 g/mol. The highest BCUT2D eigenvalue weighted by molar-refractivity contribution is 6.46. The molecule has 4 aliphatic carbocycles. The number of allylic oxidation sites excluding steroid dienone is 1. The molecule has 0 N–H and O–H groups in total. The molecule has 0 radical (unpaired) electrons. The lowest BCUT2D eigenvalue weighted by Crippen LogP contribution is -2.59. The molecule has 5 aliphatic rings. The van der Waals surface area contributed by atoms with E-state index in [2.05, 4.69) is 0 Å². The second-order valence-electron chi connectivity index (χ2n) is 10.2. The van der Waals surface area contributed by atoms with E-state index in [9.17, 15) is 8.78 Å². The number of rotatable bonds is 3. The quantitative estimate of drug-likeness (QED) is 0.671. The fraction of sp³-hybridized carbons (Fsp3) is 0.895. The molecular formula is C19H27BF2O2. The summed E-state index contributed by atoms with van der Waals surface area (Å²) in [5, 5.41) is 0. The molecule has 5 fully saturated rings. The second-order valence-corrected chi connectivity index (χ2v) is 10.2. The van der Waals surface area contributed by atoms with Gasteiger partial charge in [-0.25, -0.2) is 0 Å². The van der Waals surface area contributed by atoms with Crippen LogP contribution in [-0.4, -0.2) is 18.3 Å². The van der Waals surface area contributed by atoms with Gasteiger partial charge in [-0.3, -0.25) is 0 Å². The van der Waals surface area contributed by atoms with E-state index in [4.69, 9.17) is 9.31 Å². The van der Waals surface area contributed by atoms with Crippen LogP contribution < -0.4 is 0 Å². The van der Waals surface area contributed by atoms with Crippen LogP contribution in [0, 0.1) is 28.6 Å². The van der Waals surface area contributed by atoms with Crippen LogP contribution in [0.1, 0.15) is 59.8 Å². The highest BCUT2D eigenvalue weighted by Crippen LogP contribution is 2.86. The van der Waals surface area contributed by atoms with Gasteiger partial charge in [0.25, 0.3) is 6.08 Å². The maximum atomic E-state index is 14.0. The zero-order valence-electron chi connectivity index (χ0n) is 15.1. The summed E-state index contributed by atoms with van der Waals surface area (Å²) in [5.74, 6) is 2.27. The molecule has 5 heteroatoms. The van der Waals surface area contributed by atoms with Gasteiger partial charge in [0.05, 0.1) is 11.2 Å². The van der Waals surface area contributed by atoms with Crippen molar-refractivity contribution in [3.05, 3.63) is 11.7 Å². The third kappa shape index (κ3) is 1.64. The van der Waals surface area contributed by atoms with Crippen LogP contribution in [-0.2, 0) is 9.31 Å². The van der Waals surface area contributed by atoms with Crippen LogP contribution in [0.25, 0.3) is 0 Å². The van der Waals surface area contributed by atoms with Crippen LogP contribution in [0.2, 0.25) is 6.32 Å². The lowest BCUT2D eigenvalue weighted by molar-refractivity contribution is -0.176. The molecule has 2 nitrogen and oxygen atoms in total. The van der Waals surface area contributed by atoms with Crippen LogP contribution >= 0.6 is 0 Å². The first-order valence-electron chi connectivity index (χ1n) is 9.50. The van der Waals surface area contributed by atoms with Crippen LogP contribution in [0.3, 0.4) is 0 Å². The summed E-state index contributed by atoms with van der Waals surface area (Å²) >= 11 is 0. The van der Waals surface area contributed by atoms with E-state index in [0.29, 0.717) is 22.8 Å². The van der Waals surface area contributed by atoms with Gasteiger partial charge in [0.15, 0.2) is 0 Å². The molecule has 2 atom stereocenters. The Morgan fingerprint density at radius 3 is 1.92 bits per heavy atom. The van der Waals surface area contributed by atoms with E-state index in [0.717, 1.165) is 25.2 Å². The van der Waals surface area contributed by atoms with Gasteiger partial charge in [0, 0.05) is 6.32 Å². The molecule has 1 heterocycles. The molecule has 1 aliphatic heterocycles. The Morgan fingerprint density at radius 2 is 1.50 bits per heavy atom. The number of hydrogen-bond donors (Lipinski definition) is 0. The summed E-state index contributed by atoms with van der Waals surface area (Å²) in [6, 6.07) is 0. The van der Waals surface area contributed by atoms with Gasteiger partial charge in [0.2, 0.25) is 0 Å². The van der Waals surface area contributed by atoms with Gasteiger partial charge in [-0.2, -0.15) is 8.78 Å². The van der Waals surface area contributed by atoms with Crippen molar-refractivity contribution < 1.29 is 18.1 Å². The van der Waals surface area contributed by atoms with E-state index in [1.807, 2.05) is 27.7 Å².